The molecule has 0 saturated heterocycles. The molecule has 4 fully saturated rings. The van der Waals surface area contributed by atoms with Crippen molar-refractivity contribution in [3.8, 4) is 5.75 Å². The summed E-state index contributed by atoms with van der Waals surface area (Å²) in [5.41, 5.74) is 2.88. The van der Waals surface area contributed by atoms with E-state index >= 15 is 0 Å². The van der Waals surface area contributed by atoms with E-state index in [9.17, 15) is 0 Å². The maximum absolute atomic E-state index is 5.41. The molecule has 2 aromatic heterocycles. The number of imidazole rings is 1. The summed E-state index contributed by atoms with van der Waals surface area (Å²) in [6, 6.07) is 15.3. The third kappa shape index (κ3) is 2.17. The van der Waals surface area contributed by atoms with Crippen molar-refractivity contribution in [1.29, 1.82) is 0 Å². The molecule has 0 amide bonds. The van der Waals surface area contributed by atoms with Gasteiger partial charge < -0.3 is 9.14 Å². The molecule has 0 radical (unpaired) electrons. The summed E-state index contributed by atoms with van der Waals surface area (Å²) in [7, 11) is 1.75. The Morgan fingerprint density at radius 3 is 2.52 bits per heavy atom. The Bertz CT molecular complexity index is 975. The lowest BCUT2D eigenvalue weighted by atomic mass is 9.43. The van der Waals surface area contributed by atoms with E-state index in [-0.39, 0.29) is 5.41 Å². The van der Waals surface area contributed by atoms with Crippen molar-refractivity contribution < 1.29 is 4.74 Å². The standard InChI is InChI=1S/C24H26N2O/c1-27-21-7-5-18(6-8-21)22-19-11-16-10-17(12-19)14-24(22,13-16)23-25-15-20-4-2-3-9-26(20)23/h2-9,15-17,19,22H,10-14H2,1H3/t16-,17+,19?,22?,24?. The maximum Gasteiger partial charge on any atom is 0.120 e. The Kier molecular flexibility index (Phi) is 3.27. The lowest BCUT2D eigenvalue weighted by Gasteiger charge is -2.61. The molecule has 3 heteroatoms. The van der Waals surface area contributed by atoms with Gasteiger partial charge in [-0.2, -0.15) is 0 Å². The number of rotatable bonds is 3. The normalized spacial score (nSPS) is 34.3. The Morgan fingerprint density at radius 2 is 1.78 bits per heavy atom. The number of benzene rings is 1. The van der Waals surface area contributed by atoms with Crippen LogP contribution in [0, 0.1) is 17.8 Å². The van der Waals surface area contributed by atoms with Crippen LogP contribution in [0.3, 0.4) is 0 Å². The first-order valence-corrected chi connectivity index (χ1v) is 10.3. The van der Waals surface area contributed by atoms with E-state index < -0.39 is 0 Å². The summed E-state index contributed by atoms with van der Waals surface area (Å²) in [6.07, 6.45) is 11.1. The lowest BCUT2D eigenvalue weighted by Crippen LogP contribution is -2.54. The third-order valence-electron chi connectivity index (χ3n) is 7.67. The fourth-order valence-electron chi connectivity index (χ4n) is 7.08. The number of fused-ring (bicyclic) bond motifs is 1. The molecule has 0 aliphatic heterocycles. The van der Waals surface area contributed by atoms with Crippen LogP contribution < -0.4 is 4.74 Å². The highest BCUT2D eigenvalue weighted by atomic mass is 16.5. The Balaban J connectivity index is 1.54. The van der Waals surface area contributed by atoms with Gasteiger partial charge in [0.25, 0.3) is 0 Å². The number of nitrogens with zero attached hydrogens (tertiary/aromatic N) is 2. The number of hydrogen-bond acceptors (Lipinski definition) is 2. The summed E-state index contributed by atoms with van der Waals surface area (Å²) in [4.78, 5) is 5.03. The van der Waals surface area contributed by atoms with Crippen molar-refractivity contribution in [3.63, 3.8) is 0 Å². The number of ether oxygens (including phenoxy) is 1. The molecule has 3 unspecified atom stereocenters. The molecule has 4 aliphatic carbocycles. The molecule has 2 heterocycles. The molecule has 7 rings (SSSR count). The minimum atomic E-state index is 0.178. The van der Waals surface area contributed by atoms with Crippen LogP contribution in [0.5, 0.6) is 5.75 Å². The number of pyridine rings is 1. The van der Waals surface area contributed by atoms with Crippen molar-refractivity contribution in [1.82, 2.24) is 9.38 Å². The Hall–Kier alpha value is -2.29. The summed E-state index contributed by atoms with van der Waals surface area (Å²) >= 11 is 0. The Morgan fingerprint density at radius 1 is 1.00 bits per heavy atom. The van der Waals surface area contributed by atoms with Crippen molar-refractivity contribution in [2.75, 3.05) is 7.11 Å². The van der Waals surface area contributed by atoms with Gasteiger partial charge in [0.05, 0.1) is 18.8 Å². The van der Waals surface area contributed by atoms with Gasteiger partial charge in [0.2, 0.25) is 0 Å². The van der Waals surface area contributed by atoms with Gasteiger partial charge in [-0.3, -0.25) is 0 Å². The fourth-order valence-corrected chi connectivity index (χ4v) is 7.08. The lowest BCUT2D eigenvalue weighted by molar-refractivity contribution is -0.0324. The first-order chi connectivity index (χ1) is 13.3. The van der Waals surface area contributed by atoms with Crippen molar-refractivity contribution in [3.05, 3.63) is 66.2 Å². The van der Waals surface area contributed by atoms with Gasteiger partial charge in [-0.25, -0.2) is 4.98 Å². The van der Waals surface area contributed by atoms with Gasteiger partial charge in [-0.1, -0.05) is 18.2 Å². The predicted molar refractivity (Wildman–Crippen MR) is 106 cm³/mol. The third-order valence-corrected chi connectivity index (χ3v) is 7.67. The topological polar surface area (TPSA) is 26.5 Å². The highest BCUT2D eigenvalue weighted by Crippen LogP contribution is 2.66. The van der Waals surface area contributed by atoms with Gasteiger partial charge in [0.1, 0.15) is 11.6 Å². The van der Waals surface area contributed by atoms with Gasteiger partial charge >= 0.3 is 0 Å². The van der Waals surface area contributed by atoms with Crippen LogP contribution in [0.25, 0.3) is 5.52 Å². The second kappa shape index (κ2) is 5.60. The monoisotopic (exact) mass is 358 g/mol. The molecule has 3 nitrogen and oxygen atoms in total. The van der Waals surface area contributed by atoms with Crippen LogP contribution in [0.1, 0.15) is 49.4 Å². The van der Waals surface area contributed by atoms with Crippen LogP contribution in [0.2, 0.25) is 0 Å². The summed E-state index contributed by atoms with van der Waals surface area (Å²) < 4.78 is 7.78. The average molecular weight is 358 g/mol. The molecule has 27 heavy (non-hydrogen) atoms. The van der Waals surface area contributed by atoms with E-state index in [1.165, 1.54) is 49.0 Å². The zero-order chi connectivity index (χ0) is 18.0. The summed E-state index contributed by atoms with van der Waals surface area (Å²) in [5.74, 6) is 5.38. The molecule has 4 aliphatic rings. The predicted octanol–water partition coefficient (Wildman–Crippen LogP) is 5.20. The van der Waals surface area contributed by atoms with E-state index in [2.05, 4.69) is 59.3 Å². The van der Waals surface area contributed by atoms with Crippen molar-refractivity contribution in [2.45, 2.75) is 43.4 Å². The first kappa shape index (κ1) is 15.7. The molecule has 138 valence electrons. The van der Waals surface area contributed by atoms with Crippen LogP contribution in [-0.4, -0.2) is 16.5 Å². The molecule has 0 N–H and O–H groups in total. The molecule has 5 atom stereocenters. The summed E-state index contributed by atoms with van der Waals surface area (Å²) in [5, 5.41) is 0. The second-order valence-electron chi connectivity index (χ2n) is 9.09. The van der Waals surface area contributed by atoms with E-state index in [4.69, 9.17) is 9.72 Å². The molecule has 1 aromatic carbocycles. The van der Waals surface area contributed by atoms with Crippen LogP contribution in [0.4, 0.5) is 0 Å². The first-order valence-electron chi connectivity index (χ1n) is 10.3. The van der Waals surface area contributed by atoms with E-state index in [0.29, 0.717) is 5.92 Å². The summed E-state index contributed by atoms with van der Waals surface area (Å²) in [6.45, 7) is 0. The van der Waals surface area contributed by atoms with E-state index in [1.54, 1.807) is 7.11 Å². The van der Waals surface area contributed by atoms with Gasteiger partial charge in [0, 0.05) is 11.6 Å². The number of methoxy groups -OCH3 is 1. The van der Waals surface area contributed by atoms with Crippen LogP contribution in [-0.2, 0) is 5.41 Å². The molecular formula is C24H26N2O. The zero-order valence-electron chi connectivity index (χ0n) is 15.8. The molecule has 3 aromatic rings. The number of hydrogen-bond donors (Lipinski definition) is 0. The number of aromatic nitrogens is 2. The SMILES string of the molecule is COc1ccc(C2C3C[C@@H]4C[C@H](C3)CC2(c2ncc3ccccn23)C4)cc1. The van der Waals surface area contributed by atoms with Crippen LogP contribution in [0.15, 0.2) is 54.9 Å². The largest absolute Gasteiger partial charge is 0.497 e. The molecule has 4 bridgehead atoms. The van der Waals surface area contributed by atoms with Crippen molar-refractivity contribution >= 4 is 5.52 Å². The molecular weight excluding hydrogens is 332 g/mol. The fraction of sp³-hybridized carbons (Fsp3) is 0.458. The average Bonchev–Trinajstić information content (AvgIpc) is 3.12. The Labute approximate surface area is 160 Å². The van der Waals surface area contributed by atoms with Crippen molar-refractivity contribution in [2.24, 2.45) is 17.8 Å². The molecule has 4 saturated carbocycles. The van der Waals surface area contributed by atoms with E-state index in [1.807, 2.05) is 0 Å². The van der Waals surface area contributed by atoms with E-state index in [0.717, 1.165) is 23.5 Å². The highest BCUT2D eigenvalue weighted by molar-refractivity contribution is 5.48. The minimum absolute atomic E-state index is 0.178. The minimum Gasteiger partial charge on any atom is -0.497 e. The zero-order valence-corrected chi connectivity index (χ0v) is 15.8. The van der Waals surface area contributed by atoms with Gasteiger partial charge in [-0.15, -0.1) is 0 Å². The van der Waals surface area contributed by atoms with Gasteiger partial charge in [0.15, 0.2) is 0 Å². The van der Waals surface area contributed by atoms with Gasteiger partial charge in [-0.05, 0) is 85.6 Å². The smallest absolute Gasteiger partial charge is 0.120 e. The molecule has 0 spiro atoms. The second-order valence-corrected chi connectivity index (χ2v) is 9.09. The maximum atomic E-state index is 5.41. The van der Waals surface area contributed by atoms with Crippen LogP contribution >= 0.6 is 0 Å². The quantitative estimate of drug-likeness (QED) is 0.643. The highest BCUT2D eigenvalue weighted by Gasteiger charge is 2.59.